The molecule has 1 aliphatic heterocycles. The van der Waals surface area contributed by atoms with E-state index < -0.39 is 18.1 Å². The highest BCUT2D eigenvalue weighted by Crippen LogP contribution is 2.25. The fraction of sp³-hybridized carbons (Fsp3) is 0.625. The largest absolute Gasteiger partial charge is 0.477 e. The summed E-state index contributed by atoms with van der Waals surface area (Å²) in [6.45, 7) is 5.82. The van der Waals surface area contributed by atoms with E-state index in [0.29, 0.717) is 30.1 Å². The van der Waals surface area contributed by atoms with Gasteiger partial charge in [0, 0.05) is 13.0 Å². The lowest BCUT2D eigenvalue weighted by Gasteiger charge is -2.35. The van der Waals surface area contributed by atoms with E-state index in [2.05, 4.69) is 10.3 Å². The van der Waals surface area contributed by atoms with Crippen molar-refractivity contribution in [1.82, 2.24) is 15.2 Å². The third-order valence-corrected chi connectivity index (χ3v) is 5.49. The van der Waals surface area contributed by atoms with Gasteiger partial charge in [-0.05, 0) is 33.1 Å². The lowest BCUT2D eigenvalue weighted by atomic mass is 10.0. The summed E-state index contributed by atoms with van der Waals surface area (Å²) in [4.78, 5) is 41.8. The number of aromatic nitrogens is 1. The van der Waals surface area contributed by atoms with Gasteiger partial charge in [0.15, 0.2) is 0 Å². The first-order valence-corrected chi connectivity index (χ1v) is 8.97. The maximum absolute atomic E-state index is 12.6. The van der Waals surface area contributed by atoms with Gasteiger partial charge >= 0.3 is 5.97 Å². The molecule has 1 fully saturated rings. The first-order valence-electron chi connectivity index (χ1n) is 8.15. The summed E-state index contributed by atoms with van der Waals surface area (Å²) in [7, 11) is 0. The minimum absolute atomic E-state index is 0.0132. The van der Waals surface area contributed by atoms with Crippen LogP contribution in [-0.4, -0.2) is 45.4 Å². The number of carboxylic acids is 1. The van der Waals surface area contributed by atoms with Crippen molar-refractivity contribution in [2.45, 2.75) is 58.5 Å². The molecular weight excluding hydrogens is 330 g/mol. The fourth-order valence-electron chi connectivity index (χ4n) is 2.88. The minimum atomic E-state index is -1.01. The van der Waals surface area contributed by atoms with E-state index >= 15 is 0 Å². The standard InChI is InChI=1S/C16H23N3O4S/c1-4-12(20)19-8-6-5-7-11(19)14(21)17-10(3)15-18-9(2)13(24-15)16(22)23/h10-11H,4-8H2,1-3H3,(H,17,21)(H,22,23). The first kappa shape index (κ1) is 18.4. The van der Waals surface area contributed by atoms with E-state index in [1.54, 1.807) is 25.7 Å². The monoisotopic (exact) mass is 353 g/mol. The van der Waals surface area contributed by atoms with Crippen LogP contribution in [0.3, 0.4) is 0 Å². The molecular formula is C16H23N3O4S. The van der Waals surface area contributed by atoms with E-state index in [9.17, 15) is 14.4 Å². The molecule has 1 saturated heterocycles. The summed E-state index contributed by atoms with van der Waals surface area (Å²) in [5.41, 5.74) is 0.448. The van der Waals surface area contributed by atoms with E-state index in [0.717, 1.165) is 24.2 Å². The molecule has 7 nitrogen and oxygen atoms in total. The molecule has 8 heteroatoms. The molecule has 2 amide bonds. The van der Waals surface area contributed by atoms with Gasteiger partial charge < -0.3 is 15.3 Å². The summed E-state index contributed by atoms with van der Waals surface area (Å²) >= 11 is 1.07. The number of carboxylic acid groups (broad SMARTS) is 1. The van der Waals surface area contributed by atoms with Gasteiger partial charge in [0.2, 0.25) is 11.8 Å². The number of carbonyl (C=O) groups is 3. The first-order chi connectivity index (χ1) is 11.3. The Morgan fingerprint density at radius 2 is 2.12 bits per heavy atom. The topological polar surface area (TPSA) is 99.6 Å². The van der Waals surface area contributed by atoms with Crippen LogP contribution >= 0.6 is 11.3 Å². The van der Waals surface area contributed by atoms with E-state index in [1.165, 1.54) is 0 Å². The molecule has 2 heterocycles. The maximum atomic E-state index is 12.6. The second-order valence-corrected chi connectivity index (χ2v) is 6.98. The Morgan fingerprint density at radius 1 is 1.42 bits per heavy atom. The Morgan fingerprint density at radius 3 is 2.71 bits per heavy atom. The van der Waals surface area contributed by atoms with Crippen LogP contribution in [0.2, 0.25) is 0 Å². The number of hydrogen-bond acceptors (Lipinski definition) is 5. The molecule has 132 valence electrons. The Hall–Kier alpha value is -1.96. The molecule has 2 N–H and O–H groups in total. The van der Waals surface area contributed by atoms with Crippen LogP contribution in [0.15, 0.2) is 0 Å². The smallest absolute Gasteiger partial charge is 0.347 e. The second kappa shape index (κ2) is 7.74. The number of nitrogens with one attached hydrogen (secondary N) is 1. The highest BCUT2D eigenvalue weighted by atomic mass is 32.1. The molecule has 0 aromatic carbocycles. The number of rotatable bonds is 5. The number of hydrogen-bond donors (Lipinski definition) is 2. The highest BCUT2D eigenvalue weighted by molar-refractivity contribution is 7.13. The van der Waals surface area contributed by atoms with Crippen LogP contribution in [0, 0.1) is 6.92 Å². The average Bonchev–Trinajstić information content (AvgIpc) is 2.96. The van der Waals surface area contributed by atoms with Crippen molar-refractivity contribution in [3.63, 3.8) is 0 Å². The van der Waals surface area contributed by atoms with Crippen LogP contribution < -0.4 is 5.32 Å². The lowest BCUT2D eigenvalue weighted by molar-refractivity contribution is -0.142. The molecule has 1 aliphatic rings. The van der Waals surface area contributed by atoms with Crippen LogP contribution in [0.25, 0.3) is 0 Å². The Kier molecular flexibility index (Phi) is 5.93. The highest BCUT2D eigenvalue weighted by Gasteiger charge is 2.32. The van der Waals surface area contributed by atoms with Crippen molar-refractivity contribution >= 4 is 29.1 Å². The maximum Gasteiger partial charge on any atom is 0.347 e. The zero-order valence-corrected chi connectivity index (χ0v) is 15.0. The van der Waals surface area contributed by atoms with Crippen molar-refractivity contribution < 1.29 is 19.5 Å². The van der Waals surface area contributed by atoms with Crippen LogP contribution in [0.4, 0.5) is 0 Å². The number of likely N-dealkylation sites (tertiary alicyclic amines) is 1. The second-order valence-electron chi connectivity index (χ2n) is 5.95. The molecule has 1 aromatic rings. The van der Waals surface area contributed by atoms with Gasteiger partial charge in [0.05, 0.1) is 11.7 Å². The average molecular weight is 353 g/mol. The quantitative estimate of drug-likeness (QED) is 0.844. The molecule has 24 heavy (non-hydrogen) atoms. The van der Waals surface area contributed by atoms with Gasteiger partial charge in [-0.1, -0.05) is 6.92 Å². The number of nitrogens with zero attached hydrogens (tertiary/aromatic N) is 2. The van der Waals surface area contributed by atoms with Crippen molar-refractivity contribution in [2.75, 3.05) is 6.54 Å². The van der Waals surface area contributed by atoms with Crippen LogP contribution in [-0.2, 0) is 9.59 Å². The van der Waals surface area contributed by atoms with E-state index in [1.807, 2.05) is 0 Å². The predicted octanol–water partition coefficient (Wildman–Crippen LogP) is 2.12. The molecule has 2 atom stereocenters. The van der Waals surface area contributed by atoms with Gasteiger partial charge in [0.25, 0.3) is 0 Å². The third kappa shape index (κ3) is 3.92. The zero-order valence-electron chi connectivity index (χ0n) is 14.2. The Labute approximate surface area is 145 Å². The van der Waals surface area contributed by atoms with Crippen molar-refractivity contribution in [2.24, 2.45) is 0 Å². The van der Waals surface area contributed by atoms with Crippen LogP contribution in [0.5, 0.6) is 0 Å². The van der Waals surface area contributed by atoms with E-state index in [-0.39, 0.29) is 16.7 Å². The Balaban J connectivity index is 2.08. The number of aromatic carboxylic acids is 1. The van der Waals surface area contributed by atoms with Crippen LogP contribution in [0.1, 0.15) is 65.9 Å². The number of thiazole rings is 1. The molecule has 1 aromatic heterocycles. The molecule has 0 radical (unpaired) electrons. The molecule has 0 saturated carbocycles. The minimum Gasteiger partial charge on any atom is -0.477 e. The van der Waals surface area contributed by atoms with Gasteiger partial charge in [-0.25, -0.2) is 9.78 Å². The number of piperidine rings is 1. The van der Waals surface area contributed by atoms with Gasteiger partial charge in [0.1, 0.15) is 15.9 Å². The number of aryl methyl sites for hydroxylation is 1. The summed E-state index contributed by atoms with van der Waals surface area (Å²) in [6.07, 6.45) is 2.87. The van der Waals surface area contributed by atoms with Crippen molar-refractivity contribution in [3.8, 4) is 0 Å². The summed E-state index contributed by atoms with van der Waals surface area (Å²) in [6, 6.07) is -0.844. The van der Waals surface area contributed by atoms with Crippen molar-refractivity contribution in [3.05, 3.63) is 15.6 Å². The summed E-state index contributed by atoms with van der Waals surface area (Å²) < 4.78 is 0. The predicted molar refractivity (Wildman–Crippen MR) is 90.0 cm³/mol. The zero-order chi connectivity index (χ0) is 17.9. The van der Waals surface area contributed by atoms with Gasteiger partial charge in [-0.15, -0.1) is 11.3 Å². The number of amides is 2. The fourth-order valence-corrected chi connectivity index (χ4v) is 3.79. The molecule has 2 rings (SSSR count). The summed E-state index contributed by atoms with van der Waals surface area (Å²) in [5, 5.41) is 12.5. The SMILES string of the molecule is CCC(=O)N1CCCCC1C(=O)NC(C)c1nc(C)c(C(=O)O)s1. The molecule has 0 spiro atoms. The normalized spacial score (nSPS) is 19.0. The lowest BCUT2D eigenvalue weighted by Crippen LogP contribution is -2.52. The third-order valence-electron chi connectivity index (χ3n) is 4.16. The molecule has 2 unspecified atom stereocenters. The molecule has 0 aliphatic carbocycles. The van der Waals surface area contributed by atoms with Gasteiger partial charge in [-0.2, -0.15) is 0 Å². The Bertz CT molecular complexity index is 643. The summed E-state index contributed by atoms with van der Waals surface area (Å²) in [5.74, 6) is -1.23. The number of carbonyl (C=O) groups excluding carboxylic acids is 2. The van der Waals surface area contributed by atoms with Gasteiger partial charge in [-0.3, -0.25) is 9.59 Å². The molecule has 0 bridgehead atoms. The van der Waals surface area contributed by atoms with E-state index in [4.69, 9.17) is 5.11 Å². The van der Waals surface area contributed by atoms with Crippen molar-refractivity contribution in [1.29, 1.82) is 0 Å².